The highest BCUT2D eigenvalue weighted by molar-refractivity contribution is 6.42. The van der Waals surface area contributed by atoms with Crippen molar-refractivity contribution in [2.45, 2.75) is 0 Å². The number of hydrogen-bond acceptors (Lipinski definition) is 2. The number of rotatable bonds is 2. The van der Waals surface area contributed by atoms with Crippen molar-refractivity contribution < 1.29 is 4.79 Å². The Bertz CT molecular complexity index is 653. The Labute approximate surface area is 113 Å². The van der Waals surface area contributed by atoms with Gasteiger partial charge in [0.15, 0.2) is 5.43 Å². The quantitative estimate of drug-likeness (QED) is 0.890. The van der Waals surface area contributed by atoms with Gasteiger partial charge in [0.25, 0.3) is 5.91 Å². The summed E-state index contributed by atoms with van der Waals surface area (Å²) in [5, 5.41) is 3.29. The minimum Gasteiger partial charge on any atom is -0.367 e. The average molecular weight is 283 g/mol. The molecule has 0 atom stereocenters. The fourth-order valence-electron chi connectivity index (χ4n) is 1.37. The molecule has 0 aliphatic rings. The van der Waals surface area contributed by atoms with Gasteiger partial charge in [0, 0.05) is 24.1 Å². The minimum absolute atomic E-state index is 0.0311. The van der Waals surface area contributed by atoms with Gasteiger partial charge in [-0.1, -0.05) is 23.2 Å². The lowest BCUT2D eigenvalue weighted by Gasteiger charge is -2.05. The van der Waals surface area contributed by atoms with Crippen molar-refractivity contribution in [3.05, 3.63) is 62.5 Å². The van der Waals surface area contributed by atoms with Crippen LogP contribution in [0.3, 0.4) is 0 Å². The Hall–Kier alpha value is -1.78. The number of halogens is 2. The van der Waals surface area contributed by atoms with Crippen molar-refractivity contribution >= 4 is 34.8 Å². The number of aromatic amines is 1. The monoisotopic (exact) mass is 282 g/mol. The SMILES string of the molecule is O=C(Nc1ccc(Cl)c(Cl)c1)c1c[nH]ccc1=O. The summed E-state index contributed by atoms with van der Waals surface area (Å²) >= 11 is 11.6. The van der Waals surface area contributed by atoms with Gasteiger partial charge < -0.3 is 10.3 Å². The van der Waals surface area contributed by atoms with E-state index in [0.29, 0.717) is 15.7 Å². The molecule has 1 amide bonds. The topological polar surface area (TPSA) is 62.0 Å². The molecule has 0 spiro atoms. The molecule has 0 radical (unpaired) electrons. The molecule has 0 unspecified atom stereocenters. The summed E-state index contributed by atoms with van der Waals surface area (Å²) in [6, 6.07) is 5.96. The predicted octanol–water partition coefficient (Wildman–Crippen LogP) is 2.93. The minimum atomic E-state index is -0.504. The average Bonchev–Trinajstić information content (AvgIpc) is 2.34. The first-order valence-electron chi connectivity index (χ1n) is 5.01. The lowest BCUT2D eigenvalue weighted by molar-refractivity contribution is 0.102. The first-order chi connectivity index (χ1) is 8.58. The summed E-state index contributed by atoms with van der Waals surface area (Å²) in [7, 11) is 0. The van der Waals surface area contributed by atoms with Crippen LogP contribution in [-0.2, 0) is 0 Å². The number of amides is 1. The van der Waals surface area contributed by atoms with Crippen LogP contribution < -0.4 is 10.7 Å². The molecule has 0 aliphatic heterocycles. The second-order valence-electron chi connectivity index (χ2n) is 3.51. The van der Waals surface area contributed by atoms with Crippen LogP contribution in [0.2, 0.25) is 10.0 Å². The molecule has 2 rings (SSSR count). The molecule has 0 saturated carbocycles. The van der Waals surface area contributed by atoms with Crippen molar-refractivity contribution in [3.63, 3.8) is 0 Å². The first-order valence-corrected chi connectivity index (χ1v) is 5.77. The van der Waals surface area contributed by atoms with Crippen LogP contribution in [0, 0.1) is 0 Å². The molecule has 0 bridgehead atoms. The summed E-state index contributed by atoms with van der Waals surface area (Å²) in [5.74, 6) is -0.504. The van der Waals surface area contributed by atoms with Crippen molar-refractivity contribution in [1.29, 1.82) is 0 Å². The number of aromatic nitrogens is 1. The van der Waals surface area contributed by atoms with E-state index in [-0.39, 0.29) is 11.0 Å². The molecule has 4 nitrogen and oxygen atoms in total. The Balaban J connectivity index is 2.24. The lowest BCUT2D eigenvalue weighted by Crippen LogP contribution is -2.20. The van der Waals surface area contributed by atoms with Crippen molar-refractivity contribution in [2.24, 2.45) is 0 Å². The smallest absolute Gasteiger partial charge is 0.261 e. The first kappa shape index (κ1) is 12.7. The molecule has 2 aromatic rings. The van der Waals surface area contributed by atoms with Crippen LogP contribution in [0.1, 0.15) is 10.4 Å². The zero-order valence-corrected chi connectivity index (χ0v) is 10.5. The van der Waals surface area contributed by atoms with Crippen molar-refractivity contribution in [3.8, 4) is 0 Å². The number of H-pyrrole nitrogens is 1. The third-order valence-electron chi connectivity index (χ3n) is 2.25. The van der Waals surface area contributed by atoms with E-state index < -0.39 is 5.91 Å². The van der Waals surface area contributed by atoms with Gasteiger partial charge in [0.1, 0.15) is 5.56 Å². The van der Waals surface area contributed by atoms with Crippen LogP contribution in [0.25, 0.3) is 0 Å². The van der Waals surface area contributed by atoms with Gasteiger partial charge in [-0.15, -0.1) is 0 Å². The molecule has 92 valence electrons. The van der Waals surface area contributed by atoms with E-state index in [2.05, 4.69) is 10.3 Å². The van der Waals surface area contributed by atoms with Crippen LogP contribution in [0.5, 0.6) is 0 Å². The van der Waals surface area contributed by atoms with Crippen LogP contribution in [0.4, 0.5) is 5.69 Å². The summed E-state index contributed by atoms with van der Waals surface area (Å²) in [6.45, 7) is 0. The van der Waals surface area contributed by atoms with Gasteiger partial charge in [-0.05, 0) is 18.2 Å². The van der Waals surface area contributed by atoms with Gasteiger partial charge >= 0.3 is 0 Å². The number of anilines is 1. The van der Waals surface area contributed by atoms with Gasteiger partial charge in [0.2, 0.25) is 0 Å². The van der Waals surface area contributed by atoms with Crippen LogP contribution >= 0.6 is 23.2 Å². The summed E-state index contributed by atoms with van der Waals surface area (Å²) in [5.41, 5.74) is 0.146. The number of carbonyl (C=O) groups excluding carboxylic acids is 1. The number of hydrogen-bond donors (Lipinski definition) is 2. The maximum Gasteiger partial charge on any atom is 0.261 e. The number of pyridine rings is 1. The van der Waals surface area contributed by atoms with E-state index in [0.717, 1.165) is 0 Å². The second kappa shape index (κ2) is 5.25. The summed E-state index contributed by atoms with van der Waals surface area (Å²) in [6.07, 6.45) is 2.80. The summed E-state index contributed by atoms with van der Waals surface area (Å²) in [4.78, 5) is 25.9. The molecule has 0 fully saturated rings. The van der Waals surface area contributed by atoms with E-state index in [1.807, 2.05) is 0 Å². The zero-order chi connectivity index (χ0) is 13.1. The third-order valence-corrected chi connectivity index (χ3v) is 2.99. The van der Waals surface area contributed by atoms with Crippen molar-refractivity contribution in [2.75, 3.05) is 5.32 Å². The molecule has 1 aromatic heterocycles. The Kier molecular flexibility index (Phi) is 3.69. The lowest BCUT2D eigenvalue weighted by atomic mass is 10.2. The van der Waals surface area contributed by atoms with Crippen molar-refractivity contribution in [1.82, 2.24) is 4.98 Å². The maximum atomic E-state index is 11.8. The Morgan fingerprint density at radius 2 is 1.94 bits per heavy atom. The molecule has 2 N–H and O–H groups in total. The van der Waals surface area contributed by atoms with Crippen LogP contribution in [-0.4, -0.2) is 10.9 Å². The van der Waals surface area contributed by atoms with E-state index in [4.69, 9.17) is 23.2 Å². The molecule has 18 heavy (non-hydrogen) atoms. The fourth-order valence-corrected chi connectivity index (χ4v) is 1.66. The zero-order valence-electron chi connectivity index (χ0n) is 9.04. The maximum absolute atomic E-state index is 11.8. The third kappa shape index (κ3) is 2.72. The van der Waals surface area contributed by atoms with E-state index in [1.54, 1.807) is 12.1 Å². The van der Waals surface area contributed by atoms with E-state index >= 15 is 0 Å². The normalized spacial score (nSPS) is 10.1. The number of benzene rings is 1. The molecular formula is C12H8Cl2N2O2. The largest absolute Gasteiger partial charge is 0.367 e. The van der Waals surface area contributed by atoms with Gasteiger partial charge in [-0.3, -0.25) is 9.59 Å². The van der Waals surface area contributed by atoms with Crippen LogP contribution in [0.15, 0.2) is 41.5 Å². The molecule has 1 heterocycles. The standard InChI is InChI=1S/C12H8Cl2N2O2/c13-9-2-1-7(5-10(9)14)16-12(18)8-6-15-4-3-11(8)17/h1-6H,(H,15,17)(H,16,18). The molecule has 6 heteroatoms. The second-order valence-corrected chi connectivity index (χ2v) is 4.32. The van der Waals surface area contributed by atoms with Gasteiger partial charge in [-0.25, -0.2) is 0 Å². The fraction of sp³-hybridized carbons (Fsp3) is 0. The highest BCUT2D eigenvalue weighted by Gasteiger charge is 2.10. The Morgan fingerprint density at radius 1 is 1.17 bits per heavy atom. The van der Waals surface area contributed by atoms with Gasteiger partial charge in [-0.2, -0.15) is 0 Å². The Morgan fingerprint density at radius 3 is 2.61 bits per heavy atom. The number of carbonyl (C=O) groups is 1. The van der Waals surface area contributed by atoms with E-state index in [9.17, 15) is 9.59 Å². The number of nitrogens with one attached hydrogen (secondary N) is 2. The molecule has 0 aliphatic carbocycles. The van der Waals surface area contributed by atoms with E-state index in [1.165, 1.54) is 24.5 Å². The molecule has 1 aromatic carbocycles. The molecular weight excluding hydrogens is 275 g/mol. The highest BCUT2D eigenvalue weighted by Crippen LogP contribution is 2.25. The molecule has 0 saturated heterocycles. The van der Waals surface area contributed by atoms with Gasteiger partial charge in [0.05, 0.1) is 10.0 Å². The predicted molar refractivity (Wildman–Crippen MR) is 71.5 cm³/mol. The summed E-state index contributed by atoms with van der Waals surface area (Å²) < 4.78 is 0. The highest BCUT2D eigenvalue weighted by atomic mass is 35.5.